The molecule has 0 unspecified atom stereocenters. The van der Waals surface area contributed by atoms with E-state index in [2.05, 4.69) is 10.6 Å². The van der Waals surface area contributed by atoms with Crippen molar-refractivity contribution in [2.45, 2.75) is 30.9 Å². The summed E-state index contributed by atoms with van der Waals surface area (Å²) in [6, 6.07) is 7.59. The maximum Gasteiger partial charge on any atom is 0.411 e. The molecule has 0 amide bonds. The van der Waals surface area contributed by atoms with E-state index in [1.807, 2.05) is 0 Å². The molecule has 4 rings (SSSR count). The van der Waals surface area contributed by atoms with Gasteiger partial charge in [-0.15, -0.1) is 0 Å². The molecule has 4 N–H and O–H groups in total. The highest BCUT2D eigenvalue weighted by atomic mass is 19.4. The van der Waals surface area contributed by atoms with E-state index in [1.54, 1.807) is 0 Å². The quantitative estimate of drug-likeness (QED) is 0.150. The summed E-state index contributed by atoms with van der Waals surface area (Å²) < 4.78 is 143. The molecule has 0 radical (unpaired) electrons. The number of benzene rings is 4. The zero-order valence-electron chi connectivity index (χ0n) is 21.5. The van der Waals surface area contributed by atoms with E-state index in [0.29, 0.717) is 48.5 Å². The zero-order valence-corrected chi connectivity index (χ0v) is 21.5. The molecular weight excluding hydrogens is 598 g/mol. The van der Waals surface area contributed by atoms with Gasteiger partial charge in [-0.1, -0.05) is 12.1 Å². The van der Waals surface area contributed by atoms with Crippen molar-refractivity contribution in [3.63, 3.8) is 0 Å². The summed E-state index contributed by atoms with van der Waals surface area (Å²) in [6.45, 7) is -1.30. The van der Waals surface area contributed by atoms with E-state index in [1.165, 1.54) is 0 Å². The molecule has 43 heavy (non-hydrogen) atoms. The number of alkyl halides is 6. The SMILES string of the molecule is Oc1ccc(C(c2ccc(O)c(CNc3ccc(F)cc3F)c2)(C(F)(F)F)C(F)(F)F)cc1CNc1ccc(F)cc1F. The Labute approximate surface area is 237 Å². The first-order valence-electron chi connectivity index (χ1n) is 12.2. The summed E-state index contributed by atoms with van der Waals surface area (Å²) >= 11 is 0. The third kappa shape index (κ3) is 6.13. The van der Waals surface area contributed by atoms with Gasteiger partial charge in [0, 0.05) is 36.3 Å². The normalized spacial score (nSPS) is 12.3. The summed E-state index contributed by atoms with van der Waals surface area (Å²) in [7, 11) is 0. The molecule has 14 heteroatoms. The summed E-state index contributed by atoms with van der Waals surface area (Å²) in [5.41, 5.74) is -9.06. The van der Waals surface area contributed by atoms with Gasteiger partial charge >= 0.3 is 12.4 Å². The Bertz CT molecular complexity index is 1520. The van der Waals surface area contributed by atoms with Gasteiger partial charge in [-0.2, -0.15) is 26.3 Å². The lowest BCUT2D eigenvalue weighted by Crippen LogP contribution is -2.54. The number of phenolic OH excluding ortho intramolecular Hbond substituents is 2. The Morgan fingerprint density at radius 2 is 0.884 bits per heavy atom. The Morgan fingerprint density at radius 3 is 1.21 bits per heavy atom. The molecule has 4 nitrogen and oxygen atoms in total. The van der Waals surface area contributed by atoms with Crippen molar-refractivity contribution < 1.29 is 54.1 Å². The van der Waals surface area contributed by atoms with Crippen LogP contribution >= 0.6 is 0 Å². The van der Waals surface area contributed by atoms with E-state index in [9.17, 15) is 54.1 Å². The van der Waals surface area contributed by atoms with Gasteiger partial charge in [-0.3, -0.25) is 0 Å². The van der Waals surface area contributed by atoms with Crippen LogP contribution in [0.1, 0.15) is 22.3 Å². The highest BCUT2D eigenvalue weighted by molar-refractivity contribution is 5.53. The Morgan fingerprint density at radius 1 is 0.512 bits per heavy atom. The molecule has 0 aliphatic rings. The summed E-state index contributed by atoms with van der Waals surface area (Å²) in [6.07, 6.45) is -12.1. The lowest BCUT2D eigenvalue weighted by Gasteiger charge is -2.39. The Hall–Kier alpha value is -4.62. The monoisotopic (exact) mass is 618 g/mol. The fourth-order valence-electron chi connectivity index (χ4n) is 4.55. The standard InChI is InChI=1S/C29H20F10N2O2/c30-19-3-5-23(21(32)11-19)40-13-15-9-17(1-7-25(15)42)27(28(34,35)36,29(37,38)39)18-2-8-26(43)16(10-18)14-41-24-6-4-20(31)12-22(24)33/h1-12,40-43H,13-14H2. The molecule has 0 saturated carbocycles. The molecule has 0 heterocycles. The van der Waals surface area contributed by atoms with Crippen LogP contribution in [0.3, 0.4) is 0 Å². The van der Waals surface area contributed by atoms with Crippen LogP contribution in [0.2, 0.25) is 0 Å². The molecule has 0 aliphatic carbocycles. The molecule has 0 bridgehead atoms. The fourth-order valence-corrected chi connectivity index (χ4v) is 4.55. The number of hydrogen-bond acceptors (Lipinski definition) is 4. The largest absolute Gasteiger partial charge is 0.508 e. The second-order valence-corrected chi connectivity index (χ2v) is 9.39. The molecule has 4 aromatic rings. The van der Waals surface area contributed by atoms with Crippen molar-refractivity contribution in [2.24, 2.45) is 0 Å². The highest BCUT2D eigenvalue weighted by Gasteiger charge is 2.72. The maximum atomic E-state index is 14.7. The van der Waals surface area contributed by atoms with Crippen LogP contribution in [-0.2, 0) is 18.5 Å². The van der Waals surface area contributed by atoms with Gasteiger partial charge in [-0.05, 0) is 59.7 Å². The average molecular weight is 618 g/mol. The number of nitrogens with one attached hydrogen (secondary N) is 2. The summed E-state index contributed by atoms with van der Waals surface area (Å²) in [5.74, 6) is -5.48. The number of hydrogen-bond donors (Lipinski definition) is 4. The van der Waals surface area contributed by atoms with Crippen LogP contribution in [0.15, 0.2) is 72.8 Å². The summed E-state index contributed by atoms with van der Waals surface area (Å²) in [5, 5.41) is 25.2. The lowest BCUT2D eigenvalue weighted by atomic mass is 9.72. The molecule has 0 saturated heterocycles. The Kier molecular flexibility index (Phi) is 8.43. The van der Waals surface area contributed by atoms with Crippen LogP contribution in [0, 0.1) is 23.3 Å². The molecule has 0 aliphatic heterocycles. The van der Waals surface area contributed by atoms with Crippen molar-refractivity contribution in [1.29, 1.82) is 0 Å². The van der Waals surface area contributed by atoms with Crippen LogP contribution < -0.4 is 10.6 Å². The number of halogens is 10. The predicted octanol–water partition coefficient (Wildman–Crippen LogP) is 8.29. The van der Waals surface area contributed by atoms with Gasteiger partial charge in [0.2, 0.25) is 5.41 Å². The van der Waals surface area contributed by atoms with Crippen molar-refractivity contribution in [2.75, 3.05) is 10.6 Å². The zero-order chi connectivity index (χ0) is 31.7. The number of anilines is 2. The van der Waals surface area contributed by atoms with Crippen molar-refractivity contribution in [1.82, 2.24) is 0 Å². The number of rotatable bonds is 8. The third-order valence-electron chi connectivity index (χ3n) is 6.68. The van der Waals surface area contributed by atoms with Gasteiger partial charge in [0.05, 0.1) is 11.4 Å². The van der Waals surface area contributed by atoms with E-state index >= 15 is 0 Å². The first kappa shape index (κ1) is 31.3. The topological polar surface area (TPSA) is 64.5 Å². The van der Waals surface area contributed by atoms with E-state index in [4.69, 9.17) is 0 Å². The molecule has 0 fully saturated rings. The molecular formula is C29H20F10N2O2. The van der Waals surface area contributed by atoms with Crippen LogP contribution in [0.25, 0.3) is 0 Å². The first-order valence-corrected chi connectivity index (χ1v) is 12.2. The van der Waals surface area contributed by atoms with E-state index in [-0.39, 0.29) is 11.4 Å². The minimum Gasteiger partial charge on any atom is -0.508 e. The second-order valence-electron chi connectivity index (χ2n) is 9.39. The minimum absolute atomic E-state index is 0.336. The predicted molar refractivity (Wildman–Crippen MR) is 136 cm³/mol. The molecule has 0 spiro atoms. The van der Waals surface area contributed by atoms with Crippen LogP contribution in [-0.4, -0.2) is 22.6 Å². The highest BCUT2D eigenvalue weighted by Crippen LogP contribution is 2.57. The fraction of sp³-hybridized carbons (Fsp3) is 0.172. The van der Waals surface area contributed by atoms with Crippen molar-refractivity contribution in [3.05, 3.63) is 118 Å². The van der Waals surface area contributed by atoms with E-state index < -0.39 is 87.9 Å². The second kappa shape index (κ2) is 11.6. The lowest BCUT2D eigenvalue weighted by molar-refractivity contribution is -0.288. The van der Waals surface area contributed by atoms with Gasteiger partial charge < -0.3 is 20.8 Å². The minimum atomic E-state index is -6.04. The average Bonchev–Trinajstić information content (AvgIpc) is 2.89. The molecule has 4 aromatic carbocycles. The number of phenols is 2. The van der Waals surface area contributed by atoms with Crippen LogP contribution in [0.4, 0.5) is 55.3 Å². The Balaban J connectivity index is 1.80. The van der Waals surface area contributed by atoms with Crippen molar-refractivity contribution in [3.8, 4) is 11.5 Å². The van der Waals surface area contributed by atoms with Crippen LogP contribution in [0.5, 0.6) is 11.5 Å². The van der Waals surface area contributed by atoms with Gasteiger partial charge in [-0.25, -0.2) is 17.6 Å². The molecule has 0 atom stereocenters. The smallest absolute Gasteiger partial charge is 0.411 e. The van der Waals surface area contributed by atoms with Gasteiger partial charge in [0.15, 0.2) is 0 Å². The summed E-state index contributed by atoms with van der Waals surface area (Å²) in [4.78, 5) is 0. The van der Waals surface area contributed by atoms with Gasteiger partial charge in [0.1, 0.15) is 34.8 Å². The maximum absolute atomic E-state index is 14.7. The first-order chi connectivity index (χ1) is 20.0. The van der Waals surface area contributed by atoms with Gasteiger partial charge in [0.25, 0.3) is 0 Å². The molecule has 0 aromatic heterocycles. The number of aromatic hydroxyl groups is 2. The van der Waals surface area contributed by atoms with E-state index in [0.717, 1.165) is 24.3 Å². The third-order valence-corrected chi connectivity index (χ3v) is 6.68. The molecule has 228 valence electrons. The van der Waals surface area contributed by atoms with Crippen molar-refractivity contribution >= 4 is 11.4 Å².